The third-order valence-electron chi connectivity index (χ3n) is 3.04. The molecular weight excluding hydrogens is 310 g/mol. The third kappa shape index (κ3) is 4.95. The molecule has 1 amide bonds. The molecule has 0 unspecified atom stereocenters. The van der Waals surface area contributed by atoms with E-state index >= 15 is 0 Å². The maximum Gasteiger partial charge on any atom is 0.343 e. The van der Waals surface area contributed by atoms with Crippen LogP contribution in [0.4, 0.5) is 0 Å². The Morgan fingerprint density at radius 2 is 1.42 bits per heavy atom. The first kappa shape index (κ1) is 17.2. The number of esters is 2. The number of hydrogen-bond donors (Lipinski definition) is 1. The molecule has 6 nitrogen and oxygen atoms in total. The largest absolute Gasteiger partial charge is 0.425 e. The highest BCUT2D eigenvalue weighted by Gasteiger charge is 2.16. The van der Waals surface area contributed by atoms with Crippen molar-refractivity contribution in [2.45, 2.75) is 19.9 Å². The minimum absolute atomic E-state index is 0.289. The Labute approximate surface area is 139 Å². The minimum atomic E-state index is -0.752. The van der Waals surface area contributed by atoms with Crippen molar-refractivity contribution in [3.05, 3.63) is 60.2 Å². The van der Waals surface area contributed by atoms with Gasteiger partial charge in [-0.1, -0.05) is 18.2 Å². The number of benzene rings is 2. The molecule has 0 spiro atoms. The number of amides is 1. The summed E-state index contributed by atoms with van der Waals surface area (Å²) < 4.78 is 10.4. The molecule has 0 aliphatic heterocycles. The normalized spacial score (nSPS) is 11.2. The summed E-state index contributed by atoms with van der Waals surface area (Å²) in [6.45, 7) is 2.85. The smallest absolute Gasteiger partial charge is 0.343 e. The SMILES string of the molecule is CC(=O)N[C@H](C)C(=O)Oc1ccc(OC(=O)c2ccccc2)cc1. The lowest BCUT2D eigenvalue weighted by atomic mass is 10.2. The maximum atomic E-state index is 11.9. The van der Waals surface area contributed by atoms with Crippen LogP contribution in [0.1, 0.15) is 24.2 Å². The first-order valence-electron chi connectivity index (χ1n) is 7.32. The van der Waals surface area contributed by atoms with Crippen LogP contribution in [0.5, 0.6) is 11.5 Å². The van der Waals surface area contributed by atoms with Gasteiger partial charge in [-0.2, -0.15) is 0 Å². The zero-order valence-electron chi connectivity index (χ0n) is 13.3. The van der Waals surface area contributed by atoms with Crippen LogP contribution < -0.4 is 14.8 Å². The van der Waals surface area contributed by atoms with Gasteiger partial charge in [0.05, 0.1) is 5.56 Å². The number of hydrogen-bond acceptors (Lipinski definition) is 5. The number of rotatable bonds is 5. The van der Waals surface area contributed by atoms with E-state index in [9.17, 15) is 14.4 Å². The van der Waals surface area contributed by atoms with Crippen molar-refractivity contribution in [1.29, 1.82) is 0 Å². The lowest BCUT2D eigenvalue weighted by Crippen LogP contribution is -2.39. The molecule has 0 aliphatic carbocycles. The molecule has 0 saturated heterocycles. The second kappa shape index (κ2) is 7.92. The van der Waals surface area contributed by atoms with E-state index in [1.807, 2.05) is 6.07 Å². The Morgan fingerprint density at radius 1 is 0.875 bits per heavy atom. The van der Waals surface area contributed by atoms with Gasteiger partial charge < -0.3 is 14.8 Å². The van der Waals surface area contributed by atoms with Crippen molar-refractivity contribution in [2.24, 2.45) is 0 Å². The van der Waals surface area contributed by atoms with Gasteiger partial charge in [0.2, 0.25) is 5.91 Å². The average molecular weight is 327 g/mol. The Bertz CT molecular complexity index is 725. The third-order valence-corrected chi connectivity index (χ3v) is 3.04. The second-order valence-corrected chi connectivity index (χ2v) is 5.07. The van der Waals surface area contributed by atoms with Gasteiger partial charge in [-0.3, -0.25) is 4.79 Å². The molecule has 24 heavy (non-hydrogen) atoms. The van der Waals surface area contributed by atoms with Crippen LogP contribution in [-0.4, -0.2) is 23.9 Å². The van der Waals surface area contributed by atoms with Gasteiger partial charge in [0.1, 0.15) is 17.5 Å². The van der Waals surface area contributed by atoms with Crippen molar-refractivity contribution in [3.8, 4) is 11.5 Å². The molecule has 2 aromatic rings. The fourth-order valence-corrected chi connectivity index (χ4v) is 1.88. The van der Waals surface area contributed by atoms with Crippen molar-refractivity contribution in [3.63, 3.8) is 0 Å². The maximum absolute atomic E-state index is 11.9. The molecule has 2 aromatic carbocycles. The highest BCUT2D eigenvalue weighted by molar-refractivity contribution is 5.91. The van der Waals surface area contributed by atoms with Crippen molar-refractivity contribution in [1.82, 2.24) is 5.32 Å². The highest BCUT2D eigenvalue weighted by Crippen LogP contribution is 2.19. The van der Waals surface area contributed by atoms with Gasteiger partial charge in [0.15, 0.2) is 0 Å². The molecule has 0 saturated carbocycles. The fourth-order valence-electron chi connectivity index (χ4n) is 1.88. The standard InChI is InChI=1S/C18H17NO5/c1-12(19-13(2)20)17(21)23-15-8-10-16(11-9-15)24-18(22)14-6-4-3-5-7-14/h3-12H,1-2H3,(H,19,20)/t12-/m1/s1. The van der Waals surface area contributed by atoms with Crippen LogP contribution in [0.15, 0.2) is 54.6 Å². The first-order valence-corrected chi connectivity index (χ1v) is 7.32. The summed E-state index contributed by atoms with van der Waals surface area (Å²) in [4.78, 5) is 34.6. The van der Waals surface area contributed by atoms with E-state index in [1.54, 1.807) is 24.3 Å². The van der Waals surface area contributed by atoms with Gasteiger partial charge in [-0.25, -0.2) is 9.59 Å². The number of nitrogens with one attached hydrogen (secondary N) is 1. The van der Waals surface area contributed by atoms with Crippen LogP contribution in [0, 0.1) is 0 Å². The number of ether oxygens (including phenoxy) is 2. The molecule has 124 valence electrons. The minimum Gasteiger partial charge on any atom is -0.425 e. The van der Waals surface area contributed by atoms with Gasteiger partial charge in [0.25, 0.3) is 0 Å². The average Bonchev–Trinajstić information content (AvgIpc) is 2.56. The first-order chi connectivity index (χ1) is 11.5. The molecule has 0 fully saturated rings. The summed E-state index contributed by atoms with van der Waals surface area (Å²) in [5, 5.41) is 2.44. The lowest BCUT2D eigenvalue weighted by molar-refractivity contribution is -0.138. The predicted octanol–water partition coefficient (Wildman–Crippen LogP) is 2.34. The van der Waals surface area contributed by atoms with Gasteiger partial charge in [-0.15, -0.1) is 0 Å². The molecular formula is C18H17NO5. The molecule has 0 heterocycles. The Morgan fingerprint density at radius 3 is 1.96 bits per heavy atom. The van der Waals surface area contributed by atoms with Crippen LogP contribution >= 0.6 is 0 Å². The summed E-state index contributed by atoms with van der Waals surface area (Å²) in [6.07, 6.45) is 0. The molecule has 6 heteroatoms. The van der Waals surface area contributed by atoms with E-state index in [0.717, 1.165) is 0 Å². The fraction of sp³-hybridized carbons (Fsp3) is 0.167. The molecule has 1 N–H and O–H groups in total. The number of carbonyl (C=O) groups is 3. The van der Waals surface area contributed by atoms with Crippen molar-refractivity contribution < 1.29 is 23.9 Å². The van der Waals surface area contributed by atoms with E-state index in [4.69, 9.17) is 9.47 Å². The van der Waals surface area contributed by atoms with E-state index in [1.165, 1.54) is 38.1 Å². The zero-order valence-corrected chi connectivity index (χ0v) is 13.3. The molecule has 2 rings (SSSR count). The van der Waals surface area contributed by atoms with E-state index in [2.05, 4.69) is 5.32 Å². The van der Waals surface area contributed by atoms with Crippen molar-refractivity contribution >= 4 is 17.8 Å². The Balaban J connectivity index is 1.94. The summed E-state index contributed by atoms with van der Waals surface area (Å²) in [5.74, 6) is -0.753. The second-order valence-electron chi connectivity index (χ2n) is 5.07. The summed E-state index contributed by atoms with van der Waals surface area (Å²) in [5.41, 5.74) is 0.442. The Kier molecular flexibility index (Phi) is 5.68. The quantitative estimate of drug-likeness (QED) is 0.673. The zero-order chi connectivity index (χ0) is 17.5. The molecule has 0 bridgehead atoms. The van der Waals surface area contributed by atoms with Gasteiger partial charge >= 0.3 is 11.9 Å². The van der Waals surface area contributed by atoms with E-state index < -0.39 is 18.0 Å². The lowest BCUT2D eigenvalue weighted by Gasteiger charge is -2.12. The van der Waals surface area contributed by atoms with E-state index in [-0.39, 0.29) is 11.7 Å². The molecule has 0 aromatic heterocycles. The summed E-state index contributed by atoms with van der Waals surface area (Å²) >= 11 is 0. The van der Waals surface area contributed by atoms with E-state index in [0.29, 0.717) is 11.3 Å². The molecule has 0 aliphatic rings. The van der Waals surface area contributed by atoms with Gasteiger partial charge in [-0.05, 0) is 43.3 Å². The summed E-state index contributed by atoms with van der Waals surface area (Å²) in [6, 6.07) is 13.9. The van der Waals surface area contributed by atoms with Crippen LogP contribution in [-0.2, 0) is 9.59 Å². The number of carbonyl (C=O) groups excluding carboxylic acids is 3. The van der Waals surface area contributed by atoms with Crippen LogP contribution in [0.25, 0.3) is 0 Å². The van der Waals surface area contributed by atoms with Gasteiger partial charge in [0, 0.05) is 6.92 Å². The molecule has 1 atom stereocenters. The highest BCUT2D eigenvalue weighted by atomic mass is 16.5. The predicted molar refractivity (Wildman–Crippen MR) is 86.8 cm³/mol. The Hall–Kier alpha value is -3.15. The summed E-state index contributed by atoms with van der Waals surface area (Å²) in [7, 11) is 0. The molecule has 0 radical (unpaired) electrons. The topological polar surface area (TPSA) is 81.7 Å². The monoisotopic (exact) mass is 327 g/mol. The van der Waals surface area contributed by atoms with Crippen LogP contribution in [0.3, 0.4) is 0 Å². The van der Waals surface area contributed by atoms with Crippen LogP contribution in [0.2, 0.25) is 0 Å². The van der Waals surface area contributed by atoms with Crippen molar-refractivity contribution in [2.75, 3.05) is 0 Å².